The number of rotatable bonds is 7. The third-order valence-corrected chi connectivity index (χ3v) is 3.64. The minimum atomic E-state index is -0.479. The van der Waals surface area contributed by atoms with Crippen molar-refractivity contribution in [1.82, 2.24) is 5.32 Å². The first-order valence-electron chi connectivity index (χ1n) is 8.02. The molecule has 1 aromatic rings. The molecule has 0 spiro atoms. The van der Waals surface area contributed by atoms with Gasteiger partial charge in [0.05, 0.1) is 27.0 Å². The maximum Gasteiger partial charge on any atom is 0.225 e. The maximum absolute atomic E-state index is 12.1. The fourth-order valence-electron chi connectivity index (χ4n) is 2.24. The van der Waals surface area contributed by atoms with Gasteiger partial charge in [0.15, 0.2) is 11.5 Å². The lowest BCUT2D eigenvalue weighted by molar-refractivity contribution is -0.128. The number of anilines is 1. The van der Waals surface area contributed by atoms with E-state index in [9.17, 15) is 9.59 Å². The predicted molar refractivity (Wildman–Crippen MR) is 96.6 cm³/mol. The number of benzene rings is 1. The van der Waals surface area contributed by atoms with Crippen LogP contribution in [0.3, 0.4) is 0 Å². The summed E-state index contributed by atoms with van der Waals surface area (Å²) < 4.78 is 15.9. The molecule has 0 bridgehead atoms. The van der Waals surface area contributed by atoms with Crippen LogP contribution in [-0.2, 0) is 9.59 Å². The number of amides is 2. The second kappa shape index (κ2) is 8.60. The van der Waals surface area contributed by atoms with Crippen molar-refractivity contribution in [2.45, 2.75) is 27.7 Å². The van der Waals surface area contributed by atoms with Gasteiger partial charge in [0, 0.05) is 37.6 Å². The van der Waals surface area contributed by atoms with Gasteiger partial charge in [-0.2, -0.15) is 0 Å². The number of ether oxygens (including phenoxy) is 3. The van der Waals surface area contributed by atoms with E-state index in [0.29, 0.717) is 36.0 Å². The van der Waals surface area contributed by atoms with Crippen molar-refractivity contribution in [2.24, 2.45) is 5.41 Å². The van der Waals surface area contributed by atoms with Gasteiger partial charge in [0.25, 0.3) is 0 Å². The van der Waals surface area contributed by atoms with Gasteiger partial charge < -0.3 is 24.4 Å². The first-order chi connectivity index (χ1) is 11.6. The monoisotopic (exact) mass is 352 g/mol. The van der Waals surface area contributed by atoms with Gasteiger partial charge in [0.1, 0.15) is 0 Å². The number of hydrogen-bond donors (Lipinski definition) is 1. The first-order valence-corrected chi connectivity index (χ1v) is 8.02. The molecule has 1 N–H and O–H groups in total. The molecule has 7 nitrogen and oxygen atoms in total. The molecule has 0 radical (unpaired) electrons. The molecular formula is C18H28N2O5. The Hall–Kier alpha value is -2.44. The van der Waals surface area contributed by atoms with Crippen LogP contribution in [0.5, 0.6) is 17.2 Å². The van der Waals surface area contributed by atoms with E-state index in [2.05, 4.69) is 5.32 Å². The SMILES string of the molecule is COc1cc(N(CCNC(=O)C(C)(C)C)C(C)=O)cc(OC)c1OC. The average Bonchev–Trinajstić information content (AvgIpc) is 2.55. The van der Waals surface area contributed by atoms with E-state index in [1.165, 1.54) is 28.3 Å². The number of carbonyl (C=O) groups excluding carboxylic acids is 2. The van der Waals surface area contributed by atoms with Gasteiger partial charge in [-0.15, -0.1) is 0 Å². The van der Waals surface area contributed by atoms with Crippen molar-refractivity contribution >= 4 is 17.5 Å². The summed E-state index contributed by atoms with van der Waals surface area (Å²) in [6.45, 7) is 7.65. The molecule has 1 aromatic carbocycles. The summed E-state index contributed by atoms with van der Waals surface area (Å²) in [7, 11) is 4.55. The highest BCUT2D eigenvalue weighted by atomic mass is 16.5. The van der Waals surface area contributed by atoms with Crippen LogP contribution >= 0.6 is 0 Å². The van der Waals surface area contributed by atoms with Crippen LogP contribution in [0.25, 0.3) is 0 Å². The van der Waals surface area contributed by atoms with Crippen LogP contribution in [0.15, 0.2) is 12.1 Å². The quantitative estimate of drug-likeness (QED) is 0.814. The molecule has 0 unspecified atom stereocenters. The molecule has 1 rings (SSSR count). The molecule has 0 saturated heterocycles. The largest absolute Gasteiger partial charge is 0.493 e. The standard InChI is InChI=1S/C18H28N2O5/c1-12(21)20(9-8-19-17(22)18(2,3)4)13-10-14(23-5)16(25-7)15(11-13)24-6/h10-11H,8-9H2,1-7H3,(H,19,22). The zero-order chi connectivity index (χ0) is 19.2. The third-order valence-electron chi connectivity index (χ3n) is 3.64. The molecule has 7 heteroatoms. The summed E-state index contributed by atoms with van der Waals surface area (Å²) >= 11 is 0. The molecule has 0 atom stereocenters. The Balaban J connectivity index is 3.03. The Labute approximate surface area is 149 Å². The molecule has 0 aliphatic carbocycles. The fourth-order valence-corrected chi connectivity index (χ4v) is 2.24. The maximum atomic E-state index is 12.1. The van der Waals surface area contributed by atoms with Gasteiger partial charge in [-0.3, -0.25) is 9.59 Å². The number of nitrogens with zero attached hydrogens (tertiary/aromatic N) is 1. The summed E-state index contributed by atoms with van der Waals surface area (Å²) in [5, 5.41) is 2.84. The summed E-state index contributed by atoms with van der Waals surface area (Å²) in [4.78, 5) is 25.6. The van der Waals surface area contributed by atoms with E-state index >= 15 is 0 Å². The lowest BCUT2D eigenvalue weighted by Crippen LogP contribution is -2.41. The van der Waals surface area contributed by atoms with E-state index in [0.717, 1.165) is 0 Å². The normalized spacial score (nSPS) is 10.8. The zero-order valence-corrected chi connectivity index (χ0v) is 16.1. The van der Waals surface area contributed by atoms with Crippen molar-refractivity contribution in [3.05, 3.63) is 12.1 Å². The fraction of sp³-hybridized carbons (Fsp3) is 0.556. The van der Waals surface area contributed by atoms with Gasteiger partial charge in [-0.05, 0) is 0 Å². The molecule has 2 amide bonds. The summed E-state index contributed by atoms with van der Waals surface area (Å²) in [5.41, 5.74) is 0.125. The minimum Gasteiger partial charge on any atom is -0.493 e. The molecule has 0 heterocycles. The average molecular weight is 352 g/mol. The van der Waals surface area contributed by atoms with Gasteiger partial charge in [-0.1, -0.05) is 20.8 Å². The van der Waals surface area contributed by atoms with Crippen LogP contribution in [0.2, 0.25) is 0 Å². The Morgan fingerprint density at radius 1 is 1.04 bits per heavy atom. The highest BCUT2D eigenvalue weighted by Crippen LogP contribution is 2.41. The van der Waals surface area contributed by atoms with Crippen molar-refractivity contribution in [2.75, 3.05) is 39.3 Å². The molecule has 0 aliphatic heterocycles. The molecule has 0 aliphatic rings. The van der Waals surface area contributed by atoms with E-state index in [1.54, 1.807) is 17.0 Å². The van der Waals surface area contributed by atoms with E-state index < -0.39 is 5.41 Å². The topological polar surface area (TPSA) is 77.1 Å². The lowest BCUT2D eigenvalue weighted by Gasteiger charge is -2.25. The van der Waals surface area contributed by atoms with Crippen LogP contribution in [-0.4, -0.2) is 46.2 Å². The predicted octanol–water partition coefficient (Wildman–Crippen LogP) is 2.23. The van der Waals surface area contributed by atoms with Crippen LogP contribution < -0.4 is 24.4 Å². The Morgan fingerprint density at radius 3 is 1.92 bits per heavy atom. The highest BCUT2D eigenvalue weighted by molar-refractivity contribution is 5.92. The first kappa shape index (κ1) is 20.6. The number of methoxy groups -OCH3 is 3. The summed E-state index contributed by atoms with van der Waals surface area (Å²) in [5.74, 6) is 1.15. The smallest absolute Gasteiger partial charge is 0.225 e. The number of carbonyl (C=O) groups is 2. The molecular weight excluding hydrogens is 324 g/mol. The van der Waals surface area contributed by atoms with Crippen molar-refractivity contribution in [3.8, 4) is 17.2 Å². The molecule has 0 saturated carbocycles. The van der Waals surface area contributed by atoms with E-state index in [1.807, 2.05) is 20.8 Å². The Kier molecular flexibility index (Phi) is 7.09. The summed E-state index contributed by atoms with van der Waals surface area (Å²) in [6, 6.07) is 3.41. The second-order valence-corrected chi connectivity index (χ2v) is 6.56. The third kappa shape index (κ3) is 5.27. The van der Waals surface area contributed by atoms with Gasteiger partial charge in [0.2, 0.25) is 17.6 Å². The molecule has 25 heavy (non-hydrogen) atoms. The second-order valence-electron chi connectivity index (χ2n) is 6.56. The number of hydrogen-bond acceptors (Lipinski definition) is 5. The number of nitrogens with one attached hydrogen (secondary N) is 1. The van der Waals surface area contributed by atoms with Gasteiger partial charge >= 0.3 is 0 Å². The van der Waals surface area contributed by atoms with Crippen LogP contribution in [0, 0.1) is 5.41 Å². The van der Waals surface area contributed by atoms with E-state index in [4.69, 9.17) is 14.2 Å². The Bertz CT molecular complexity index is 597. The minimum absolute atomic E-state index is 0.0686. The van der Waals surface area contributed by atoms with Crippen LogP contribution in [0.1, 0.15) is 27.7 Å². The lowest BCUT2D eigenvalue weighted by atomic mass is 9.96. The Morgan fingerprint density at radius 2 is 1.56 bits per heavy atom. The van der Waals surface area contributed by atoms with Crippen molar-refractivity contribution < 1.29 is 23.8 Å². The zero-order valence-electron chi connectivity index (χ0n) is 16.1. The molecule has 140 valence electrons. The van der Waals surface area contributed by atoms with Crippen molar-refractivity contribution in [1.29, 1.82) is 0 Å². The highest BCUT2D eigenvalue weighted by Gasteiger charge is 2.22. The van der Waals surface area contributed by atoms with Crippen LogP contribution in [0.4, 0.5) is 5.69 Å². The molecule has 0 aromatic heterocycles. The van der Waals surface area contributed by atoms with Crippen molar-refractivity contribution in [3.63, 3.8) is 0 Å². The summed E-state index contributed by atoms with van der Waals surface area (Å²) in [6.07, 6.45) is 0. The van der Waals surface area contributed by atoms with Gasteiger partial charge in [-0.25, -0.2) is 0 Å². The van der Waals surface area contributed by atoms with E-state index in [-0.39, 0.29) is 11.8 Å². The molecule has 0 fully saturated rings.